The maximum absolute atomic E-state index is 11.7. The van der Waals surface area contributed by atoms with Crippen molar-refractivity contribution in [2.75, 3.05) is 41.5 Å². The highest BCUT2D eigenvalue weighted by Gasteiger charge is 2.32. The molecule has 4 N–H and O–H groups in total. The summed E-state index contributed by atoms with van der Waals surface area (Å²) in [4.78, 5) is 32.3. The Morgan fingerprint density at radius 1 is 0.606 bits per heavy atom. The summed E-state index contributed by atoms with van der Waals surface area (Å²) < 4.78 is 38.1. The van der Waals surface area contributed by atoms with Crippen molar-refractivity contribution in [2.24, 2.45) is 11.8 Å². The number of nitrogens with zero attached hydrogens (tertiary/aromatic N) is 4. The molecule has 2 aliphatic heterocycles. The van der Waals surface area contributed by atoms with Crippen molar-refractivity contribution < 1.29 is 48.1 Å². The highest BCUT2D eigenvalue weighted by Crippen LogP contribution is 2.43. The van der Waals surface area contributed by atoms with E-state index in [1.807, 2.05) is 37.8 Å². The molecule has 2 saturated carbocycles. The lowest BCUT2D eigenvalue weighted by Crippen LogP contribution is -2.29. The lowest BCUT2D eigenvalue weighted by atomic mass is 9.80. The van der Waals surface area contributed by atoms with Crippen LogP contribution in [-0.2, 0) is 9.59 Å². The SMILES string of the molecule is COc1ccc(-c2cc(O[C@H](C)[C@H]3CNC(=O)C3)c3c(c2)ncn3C2CC2)cc1OC.COc1ccc(B(O)O)cc1OC.Cc1cc(O[C@H](C)[C@H]2CNC(=O)C2)c2c(c1)ncn2C1CC1. The zero-order chi connectivity index (χ0) is 46.6. The van der Waals surface area contributed by atoms with E-state index < -0.39 is 7.12 Å². The van der Waals surface area contributed by atoms with E-state index in [4.69, 9.17) is 38.5 Å². The third kappa shape index (κ3) is 10.3. The molecule has 4 heterocycles. The number of aryl methyl sites for hydroxylation is 1. The highest BCUT2D eigenvalue weighted by atomic mass is 16.5. The van der Waals surface area contributed by atoms with Gasteiger partial charge in [0.15, 0.2) is 23.0 Å². The van der Waals surface area contributed by atoms with Crippen LogP contribution in [0.3, 0.4) is 0 Å². The zero-order valence-corrected chi connectivity index (χ0v) is 38.6. The third-order valence-corrected chi connectivity index (χ3v) is 12.7. The number of methoxy groups -OCH3 is 4. The average molecular weight is 903 g/mol. The smallest absolute Gasteiger partial charge is 0.488 e. The van der Waals surface area contributed by atoms with Crippen LogP contribution in [0.1, 0.15) is 70.0 Å². The summed E-state index contributed by atoms with van der Waals surface area (Å²) in [6, 6.07) is 20.0. The molecule has 0 bridgehead atoms. The molecule has 4 aliphatic rings. The molecule has 0 unspecified atom stereocenters. The number of benzene rings is 4. The summed E-state index contributed by atoms with van der Waals surface area (Å²) in [7, 11) is 4.79. The van der Waals surface area contributed by atoms with Crippen molar-refractivity contribution in [2.45, 2.75) is 83.6 Å². The first-order chi connectivity index (χ1) is 31.9. The Kier molecular flexibility index (Phi) is 13.9. The van der Waals surface area contributed by atoms with Gasteiger partial charge in [-0.2, -0.15) is 0 Å². The van der Waals surface area contributed by atoms with Crippen molar-refractivity contribution in [3.63, 3.8) is 0 Å². The first-order valence-electron chi connectivity index (χ1n) is 22.5. The van der Waals surface area contributed by atoms with E-state index in [0.29, 0.717) is 66.5 Å². The van der Waals surface area contributed by atoms with Gasteiger partial charge in [0.25, 0.3) is 0 Å². The topological polar surface area (TPSA) is 190 Å². The number of hydrogen-bond donors (Lipinski definition) is 4. The minimum atomic E-state index is -1.49. The summed E-state index contributed by atoms with van der Waals surface area (Å²) in [5.74, 6) is 4.71. The number of ether oxygens (including phenoxy) is 6. The minimum absolute atomic E-state index is 0.00602. The van der Waals surface area contributed by atoms with E-state index in [0.717, 1.165) is 50.3 Å². The van der Waals surface area contributed by atoms with Crippen LogP contribution in [0.25, 0.3) is 33.2 Å². The Labute approximate surface area is 384 Å². The van der Waals surface area contributed by atoms with Crippen LogP contribution >= 0.6 is 0 Å². The number of amides is 2. The second-order valence-corrected chi connectivity index (χ2v) is 17.5. The molecule has 4 fully saturated rings. The number of carbonyl (C=O) groups is 2. The van der Waals surface area contributed by atoms with E-state index in [-0.39, 0.29) is 35.9 Å². The van der Waals surface area contributed by atoms with Crippen LogP contribution in [0, 0.1) is 18.8 Å². The van der Waals surface area contributed by atoms with Gasteiger partial charge < -0.3 is 58.2 Å². The van der Waals surface area contributed by atoms with Crippen LogP contribution in [0.15, 0.2) is 73.3 Å². The molecule has 0 radical (unpaired) electrons. The third-order valence-electron chi connectivity index (χ3n) is 12.7. The zero-order valence-electron chi connectivity index (χ0n) is 38.6. The van der Waals surface area contributed by atoms with Gasteiger partial charge in [0.1, 0.15) is 34.7 Å². The van der Waals surface area contributed by atoms with Gasteiger partial charge in [-0.1, -0.05) is 12.1 Å². The molecule has 0 spiro atoms. The molecule has 4 aromatic carbocycles. The molecular weight excluding hydrogens is 843 g/mol. The van der Waals surface area contributed by atoms with Crippen LogP contribution in [0.4, 0.5) is 0 Å². The van der Waals surface area contributed by atoms with Gasteiger partial charge in [-0.15, -0.1) is 0 Å². The largest absolute Gasteiger partial charge is 0.493 e. The molecule has 10 rings (SSSR count). The van der Waals surface area contributed by atoms with Crippen LogP contribution < -0.4 is 44.5 Å². The Balaban J connectivity index is 0.000000147. The first kappa shape index (κ1) is 46.1. The fourth-order valence-corrected chi connectivity index (χ4v) is 8.55. The maximum atomic E-state index is 11.7. The number of imidazole rings is 2. The van der Waals surface area contributed by atoms with Crippen molar-refractivity contribution in [1.82, 2.24) is 29.7 Å². The van der Waals surface area contributed by atoms with Gasteiger partial charge in [0.2, 0.25) is 11.8 Å². The van der Waals surface area contributed by atoms with Crippen LogP contribution in [0.2, 0.25) is 0 Å². The van der Waals surface area contributed by atoms with Crippen molar-refractivity contribution in [3.05, 3.63) is 78.9 Å². The molecule has 2 amide bonds. The summed E-state index contributed by atoms with van der Waals surface area (Å²) in [5, 5.41) is 23.5. The Hall–Kier alpha value is -6.46. The predicted octanol–water partition coefficient (Wildman–Crippen LogP) is 5.93. The minimum Gasteiger partial charge on any atom is -0.493 e. The molecular formula is C49H59BN6O10. The second-order valence-electron chi connectivity index (χ2n) is 17.5. The number of fused-ring (bicyclic) bond motifs is 2. The molecule has 2 aliphatic carbocycles. The maximum Gasteiger partial charge on any atom is 0.488 e. The summed E-state index contributed by atoms with van der Waals surface area (Å²) in [6.45, 7) is 7.51. The van der Waals surface area contributed by atoms with Crippen LogP contribution in [-0.4, -0.2) is 102 Å². The lowest BCUT2D eigenvalue weighted by Gasteiger charge is -2.21. The van der Waals surface area contributed by atoms with Crippen LogP contribution in [0.5, 0.6) is 34.5 Å². The molecule has 2 aromatic heterocycles. The normalized spacial score (nSPS) is 18.6. The lowest BCUT2D eigenvalue weighted by molar-refractivity contribution is -0.120. The van der Waals surface area contributed by atoms with E-state index >= 15 is 0 Å². The standard InChI is InChI=1S/C24H27N3O4.C17H21N3O2.C8H11BO4/c1-14(17-11-23(28)25-12-17)31-22-10-16(15-4-7-20(29-2)21(9-15)30-3)8-19-24(22)27(13-26-19)18-5-6-18;1-10-5-14-17(20(9-19-14)13-3-4-13)15(6-10)22-11(2)12-7-16(21)18-8-12;1-12-7-4-3-6(9(10)11)5-8(7)13-2/h4,7-10,13-14,17-18H,5-6,11-12H2,1-3H3,(H,25,28);5-6,9,11-13H,3-4,7-8H2,1-2H3,(H,18,21);3-5,10-11H,1-2H3/t14-,17-;11-,12-;/m11./s1. The van der Waals surface area contributed by atoms with Gasteiger partial charge >= 0.3 is 7.12 Å². The Morgan fingerprint density at radius 2 is 1.08 bits per heavy atom. The summed E-state index contributed by atoms with van der Waals surface area (Å²) in [6.07, 6.45) is 9.58. The van der Waals surface area contributed by atoms with E-state index in [9.17, 15) is 9.59 Å². The number of nitrogens with one attached hydrogen (secondary N) is 2. The number of hydrogen-bond acceptors (Lipinski definition) is 12. The Bertz CT molecular complexity index is 2690. The second kappa shape index (κ2) is 20.0. The van der Waals surface area contributed by atoms with E-state index in [1.54, 1.807) is 26.4 Å². The van der Waals surface area contributed by atoms with E-state index in [2.05, 4.69) is 67.8 Å². The van der Waals surface area contributed by atoms with Gasteiger partial charge in [0.05, 0.1) is 52.1 Å². The highest BCUT2D eigenvalue weighted by molar-refractivity contribution is 6.58. The summed E-state index contributed by atoms with van der Waals surface area (Å²) >= 11 is 0. The average Bonchev–Trinajstić information content (AvgIpc) is 4.15. The quantitative estimate of drug-likeness (QED) is 0.0946. The molecule has 17 heteroatoms. The molecule has 2 saturated heterocycles. The van der Waals surface area contributed by atoms with Gasteiger partial charge in [-0.3, -0.25) is 9.59 Å². The molecule has 4 atom stereocenters. The molecule has 6 aromatic rings. The van der Waals surface area contributed by atoms with Crippen molar-refractivity contribution in [3.8, 4) is 45.6 Å². The number of rotatable bonds is 14. The monoisotopic (exact) mass is 902 g/mol. The number of carbonyl (C=O) groups excluding carboxylic acids is 2. The summed E-state index contributed by atoms with van der Waals surface area (Å²) in [5.41, 5.74) is 7.53. The van der Waals surface area contributed by atoms with Crippen molar-refractivity contribution in [1.29, 1.82) is 0 Å². The first-order valence-corrected chi connectivity index (χ1v) is 22.5. The van der Waals surface area contributed by atoms with Gasteiger partial charge in [-0.25, -0.2) is 9.97 Å². The van der Waals surface area contributed by atoms with Crippen molar-refractivity contribution >= 4 is 46.5 Å². The van der Waals surface area contributed by atoms with Gasteiger partial charge in [-0.05, 0) is 117 Å². The predicted molar refractivity (Wildman–Crippen MR) is 251 cm³/mol. The number of aromatic nitrogens is 4. The van der Waals surface area contributed by atoms with E-state index in [1.165, 1.54) is 46.0 Å². The fraction of sp³-hybridized carbons (Fsp3) is 0.429. The van der Waals surface area contributed by atoms with Gasteiger partial charge in [0, 0.05) is 49.9 Å². The molecule has 66 heavy (non-hydrogen) atoms. The fourth-order valence-electron chi connectivity index (χ4n) is 8.55. The Morgan fingerprint density at radius 3 is 1.55 bits per heavy atom. The molecule has 348 valence electrons. The molecule has 16 nitrogen and oxygen atoms in total.